The zero-order valence-corrected chi connectivity index (χ0v) is 20.5. The maximum atomic E-state index is 13.4. The van der Waals surface area contributed by atoms with E-state index in [0.29, 0.717) is 17.3 Å². The highest BCUT2D eigenvalue weighted by molar-refractivity contribution is 6.00. The van der Waals surface area contributed by atoms with Gasteiger partial charge in [0.15, 0.2) is 0 Å². The Morgan fingerprint density at radius 2 is 1.76 bits per heavy atom. The summed E-state index contributed by atoms with van der Waals surface area (Å²) in [5.74, 6) is 0.206. The van der Waals surface area contributed by atoms with Gasteiger partial charge < -0.3 is 10.6 Å². The molecule has 2 N–H and O–H groups in total. The summed E-state index contributed by atoms with van der Waals surface area (Å²) >= 11 is 0. The fourth-order valence-corrected chi connectivity index (χ4v) is 4.83. The third kappa shape index (κ3) is 4.88. The Hall–Kier alpha value is -3.49. The van der Waals surface area contributed by atoms with Crippen LogP contribution in [0, 0.1) is 25.7 Å². The molecule has 34 heavy (non-hydrogen) atoms. The minimum Gasteiger partial charge on any atom is -0.339 e. The smallest absolute Gasteiger partial charge is 0.270 e. The van der Waals surface area contributed by atoms with Gasteiger partial charge in [0.05, 0.1) is 29.5 Å². The fraction of sp³-hybridized carbons (Fsp3) is 0.480. The number of aromatic nitrogens is 5. The summed E-state index contributed by atoms with van der Waals surface area (Å²) in [5, 5.41) is 14.4. The molecule has 0 radical (unpaired) electrons. The Morgan fingerprint density at radius 1 is 1.03 bits per heavy atom. The molecule has 1 aliphatic rings. The van der Waals surface area contributed by atoms with E-state index in [4.69, 9.17) is 0 Å². The van der Waals surface area contributed by atoms with Crippen LogP contribution < -0.4 is 10.6 Å². The molecule has 0 unspecified atom stereocenters. The minimum atomic E-state index is -0.630. The summed E-state index contributed by atoms with van der Waals surface area (Å²) in [6.07, 6.45) is 8.96. The number of rotatable bonds is 6. The van der Waals surface area contributed by atoms with Crippen LogP contribution >= 0.6 is 0 Å². The lowest BCUT2D eigenvalue weighted by atomic mass is 9.79. The Labute approximate surface area is 200 Å². The first-order valence-electron chi connectivity index (χ1n) is 11.8. The zero-order valence-electron chi connectivity index (χ0n) is 20.5. The topological polar surface area (TPSA) is 107 Å². The summed E-state index contributed by atoms with van der Waals surface area (Å²) in [5.41, 5.74) is 4.79. The molecule has 9 heteroatoms. The quantitative estimate of drug-likeness (QED) is 0.583. The van der Waals surface area contributed by atoms with E-state index in [-0.39, 0.29) is 17.7 Å². The van der Waals surface area contributed by atoms with Crippen LogP contribution in [0.5, 0.6) is 0 Å². The number of amides is 2. The van der Waals surface area contributed by atoms with E-state index in [1.54, 1.807) is 30.2 Å². The molecule has 0 aromatic carbocycles. The average molecular weight is 464 g/mol. The highest BCUT2D eigenvalue weighted by atomic mass is 16.2. The number of hydrogen-bond acceptors (Lipinski definition) is 5. The number of carbonyl (C=O) groups is 2. The van der Waals surface area contributed by atoms with Crippen LogP contribution in [0.2, 0.25) is 0 Å². The molecule has 9 nitrogen and oxygen atoms in total. The number of nitrogens with zero attached hydrogens (tertiary/aromatic N) is 5. The van der Waals surface area contributed by atoms with E-state index in [9.17, 15) is 9.59 Å². The lowest BCUT2D eigenvalue weighted by Gasteiger charge is -2.32. The molecule has 4 rings (SSSR count). The molecule has 0 bridgehead atoms. The second-order valence-electron chi connectivity index (χ2n) is 9.49. The second kappa shape index (κ2) is 9.79. The van der Waals surface area contributed by atoms with E-state index < -0.39 is 6.04 Å². The molecule has 1 saturated carbocycles. The van der Waals surface area contributed by atoms with Crippen LogP contribution in [0.3, 0.4) is 0 Å². The summed E-state index contributed by atoms with van der Waals surface area (Å²) in [6, 6.07) is 2.93. The Bertz CT molecular complexity index is 1170. The Balaban J connectivity index is 1.54. The van der Waals surface area contributed by atoms with Crippen molar-refractivity contribution in [2.45, 2.75) is 52.5 Å². The van der Waals surface area contributed by atoms with Crippen LogP contribution in [-0.2, 0) is 18.9 Å². The first kappa shape index (κ1) is 23.7. The lowest BCUT2D eigenvalue weighted by molar-refractivity contribution is -0.119. The van der Waals surface area contributed by atoms with Gasteiger partial charge in [-0.2, -0.15) is 10.2 Å². The number of pyridine rings is 1. The Kier molecular flexibility index (Phi) is 6.81. The molecule has 3 aromatic rings. The van der Waals surface area contributed by atoms with Crippen molar-refractivity contribution in [3.05, 3.63) is 47.5 Å². The van der Waals surface area contributed by atoms with Crippen molar-refractivity contribution >= 4 is 17.5 Å². The van der Waals surface area contributed by atoms with Crippen LogP contribution in [0.4, 0.5) is 5.69 Å². The molecular weight excluding hydrogens is 430 g/mol. The fourth-order valence-electron chi connectivity index (χ4n) is 4.83. The van der Waals surface area contributed by atoms with E-state index in [1.807, 2.05) is 33.2 Å². The molecular formula is C25H33N7O2. The van der Waals surface area contributed by atoms with Gasteiger partial charge in [-0.15, -0.1) is 0 Å². The van der Waals surface area contributed by atoms with Crippen molar-refractivity contribution in [2.24, 2.45) is 25.9 Å². The van der Waals surface area contributed by atoms with Gasteiger partial charge in [-0.05, 0) is 61.8 Å². The molecule has 3 heterocycles. The van der Waals surface area contributed by atoms with E-state index in [0.717, 1.165) is 48.2 Å². The molecule has 0 spiro atoms. The van der Waals surface area contributed by atoms with Gasteiger partial charge in [0, 0.05) is 20.3 Å². The first-order chi connectivity index (χ1) is 16.2. The molecule has 1 aliphatic carbocycles. The van der Waals surface area contributed by atoms with Gasteiger partial charge in [-0.25, -0.2) is 0 Å². The van der Waals surface area contributed by atoms with Crippen LogP contribution in [0.25, 0.3) is 11.4 Å². The van der Waals surface area contributed by atoms with Crippen molar-refractivity contribution in [1.82, 2.24) is 29.9 Å². The van der Waals surface area contributed by atoms with Gasteiger partial charge in [-0.3, -0.25) is 23.9 Å². The van der Waals surface area contributed by atoms with E-state index in [1.165, 1.54) is 4.68 Å². The number of nitrogens with one attached hydrogen (secondary N) is 2. The van der Waals surface area contributed by atoms with Crippen molar-refractivity contribution in [3.63, 3.8) is 0 Å². The van der Waals surface area contributed by atoms with Crippen molar-refractivity contribution < 1.29 is 9.59 Å². The molecule has 180 valence electrons. The maximum absolute atomic E-state index is 13.4. The summed E-state index contributed by atoms with van der Waals surface area (Å²) in [7, 11) is 3.60. The van der Waals surface area contributed by atoms with Crippen LogP contribution in [0.1, 0.15) is 54.2 Å². The van der Waals surface area contributed by atoms with Crippen LogP contribution in [-0.4, -0.2) is 42.4 Å². The van der Waals surface area contributed by atoms with Crippen LogP contribution in [0.15, 0.2) is 30.7 Å². The standard InChI is InChI=1S/C25H33N7O2/c1-15-6-8-18(9-7-15)22(30-24(33)20-10-11-27-31(20)4)25(34)29-19-12-16(2)21(26-14-19)23-17(3)13-28-32(23)5/h10-15,18,22H,6-9H2,1-5H3,(H,29,34)(H,30,33)/t15?,18?,22-/m0/s1. The van der Waals surface area contributed by atoms with Crippen molar-refractivity contribution in [3.8, 4) is 11.4 Å². The summed E-state index contributed by atoms with van der Waals surface area (Å²) < 4.78 is 3.32. The van der Waals surface area contributed by atoms with E-state index >= 15 is 0 Å². The highest BCUT2D eigenvalue weighted by Crippen LogP contribution is 2.31. The third-order valence-corrected chi connectivity index (χ3v) is 6.85. The molecule has 0 aliphatic heterocycles. The molecule has 3 aromatic heterocycles. The number of carbonyl (C=O) groups excluding carboxylic acids is 2. The molecule has 0 saturated heterocycles. The first-order valence-corrected chi connectivity index (χ1v) is 11.8. The molecule has 1 atom stereocenters. The van der Waals surface area contributed by atoms with Gasteiger partial charge >= 0.3 is 0 Å². The van der Waals surface area contributed by atoms with Crippen molar-refractivity contribution in [2.75, 3.05) is 5.32 Å². The highest BCUT2D eigenvalue weighted by Gasteiger charge is 2.33. The predicted octanol–water partition coefficient (Wildman–Crippen LogP) is 3.40. The van der Waals surface area contributed by atoms with Gasteiger partial charge in [-0.1, -0.05) is 19.8 Å². The predicted molar refractivity (Wildman–Crippen MR) is 130 cm³/mol. The SMILES string of the molecule is Cc1cc(NC(=O)[C@@H](NC(=O)c2ccnn2C)C2CCC(C)CC2)cnc1-c1c(C)cnn1C. The summed E-state index contributed by atoms with van der Waals surface area (Å²) in [4.78, 5) is 31.0. The number of anilines is 1. The zero-order chi connectivity index (χ0) is 24.4. The van der Waals surface area contributed by atoms with Crippen molar-refractivity contribution in [1.29, 1.82) is 0 Å². The Morgan fingerprint density at radius 3 is 2.35 bits per heavy atom. The minimum absolute atomic E-state index is 0.0822. The molecule has 2 amide bonds. The maximum Gasteiger partial charge on any atom is 0.270 e. The van der Waals surface area contributed by atoms with Gasteiger partial charge in [0.2, 0.25) is 5.91 Å². The normalized spacial score (nSPS) is 19.0. The van der Waals surface area contributed by atoms with Gasteiger partial charge in [0.25, 0.3) is 5.91 Å². The monoisotopic (exact) mass is 463 g/mol. The van der Waals surface area contributed by atoms with Gasteiger partial charge in [0.1, 0.15) is 11.7 Å². The third-order valence-electron chi connectivity index (χ3n) is 6.85. The average Bonchev–Trinajstić information content (AvgIpc) is 3.38. The summed E-state index contributed by atoms with van der Waals surface area (Å²) in [6.45, 7) is 6.20. The second-order valence-corrected chi connectivity index (χ2v) is 9.49. The molecule has 1 fully saturated rings. The largest absolute Gasteiger partial charge is 0.339 e. The number of hydrogen-bond donors (Lipinski definition) is 2. The lowest BCUT2D eigenvalue weighted by Crippen LogP contribution is -2.49. The van der Waals surface area contributed by atoms with E-state index in [2.05, 4.69) is 32.7 Å². The number of aryl methyl sites for hydroxylation is 4.